The van der Waals surface area contributed by atoms with Gasteiger partial charge in [0.05, 0.1) is 23.8 Å². The van der Waals surface area contributed by atoms with Crippen LogP contribution in [0.4, 0.5) is 5.69 Å². The smallest absolute Gasteiger partial charge is 0.252 e. The molecule has 7 nitrogen and oxygen atoms in total. The summed E-state index contributed by atoms with van der Waals surface area (Å²) in [5.41, 5.74) is 9.66. The number of benzene rings is 1. The highest BCUT2D eigenvalue weighted by atomic mass is 16.2. The summed E-state index contributed by atoms with van der Waals surface area (Å²) in [4.78, 5) is 27.9. The SMILES string of the molecule is CN(Cc1ccn2ncc(C(N)=O)c2c1)C(=O)CN(C)c1ccc(C(C)(C)C)cc1. The Labute approximate surface area is 177 Å². The van der Waals surface area contributed by atoms with Gasteiger partial charge in [-0.1, -0.05) is 32.9 Å². The monoisotopic (exact) mass is 407 g/mol. The van der Waals surface area contributed by atoms with Gasteiger partial charge in [-0.05, 0) is 40.8 Å². The van der Waals surface area contributed by atoms with Crippen LogP contribution in [0, 0.1) is 0 Å². The fraction of sp³-hybridized carbons (Fsp3) is 0.348. The molecule has 2 N–H and O–H groups in total. The number of amides is 2. The van der Waals surface area contributed by atoms with Crippen LogP contribution < -0.4 is 10.6 Å². The van der Waals surface area contributed by atoms with Crippen molar-refractivity contribution in [2.24, 2.45) is 5.73 Å². The van der Waals surface area contributed by atoms with E-state index in [2.05, 4.69) is 38.0 Å². The molecule has 158 valence electrons. The van der Waals surface area contributed by atoms with Crippen LogP contribution in [-0.2, 0) is 16.8 Å². The van der Waals surface area contributed by atoms with Gasteiger partial charge in [-0.25, -0.2) is 4.52 Å². The van der Waals surface area contributed by atoms with Crippen molar-refractivity contribution in [2.45, 2.75) is 32.7 Å². The van der Waals surface area contributed by atoms with Crippen molar-refractivity contribution < 1.29 is 9.59 Å². The Morgan fingerprint density at radius 3 is 2.37 bits per heavy atom. The molecule has 2 amide bonds. The quantitative estimate of drug-likeness (QED) is 0.681. The molecule has 0 aliphatic rings. The molecule has 0 fully saturated rings. The van der Waals surface area contributed by atoms with Gasteiger partial charge in [-0.2, -0.15) is 5.10 Å². The number of rotatable bonds is 6. The lowest BCUT2D eigenvalue weighted by Gasteiger charge is -2.25. The van der Waals surface area contributed by atoms with Crippen molar-refractivity contribution in [3.05, 3.63) is 65.5 Å². The summed E-state index contributed by atoms with van der Waals surface area (Å²) < 4.78 is 1.60. The molecular weight excluding hydrogens is 378 g/mol. The zero-order valence-electron chi connectivity index (χ0n) is 18.2. The molecule has 0 radical (unpaired) electrons. The number of nitrogens with zero attached hydrogens (tertiary/aromatic N) is 4. The van der Waals surface area contributed by atoms with Gasteiger partial charge in [0.15, 0.2) is 0 Å². The second kappa shape index (κ2) is 8.18. The molecule has 1 aromatic carbocycles. The standard InChI is InChI=1S/C23H29N5O2/c1-23(2,3)17-6-8-18(9-7-17)26(4)15-21(29)27(5)14-16-10-11-28-20(12-16)19(13-25-28)22(24)30/h6-13H,14-15H2,1-5H3,(H2,24,30). The van der Waals surface area contributed by atoms with Crippen LogP contribution in [0.5, 0.6) is 0 Å². The summed E-state index contributed by atoms with van der Waals surface area (Å²) in [6, 6.07) is 12.0. The third-order valence-corrected chi connectivity index (χ3v) is 5.24. The van der Waals surface area contributed by atoms with Crippen LogP contribution in [0.25, 0.3) is 5.52 Å². The van der Waals surface area contributed by atoms with Crippen LogP contribution >= 0.6 is 0 Å². The van der Waals surface area contributed by atoms with Crippen molar-refractivity contribution in [3.8, 4) is 0 Å². The third-order valence-electron chi connectivity index (χ3n) is 5.24. The molecule has 0 aliphatic carbocycles. The lowest BCUT2D eigenvalue weighted by atomic mass is 9.87. The molecule has 0 atom stereocenters. The molecule has 0 bridgehead atoms. The van der Waals surface area contributed by atoms with Gasteiger partial charge in [0.25, 0.3) is 5.91 Å². The minimum absolute atomic E-state index is 0.000837. The van der Waals surface area contributed by atoms with Crippen LogP contribution in [0.3, 0.4) is 0 Å². The molecule has 0 spiro atoms. The lowest BCUT2D eigenvalue weighted by Crippen LogP contribution is -2.36. The van der Waals surface area contributed by atoms with Crippen molar-refractivity contribution in [3.63, 3.8) is 0 Å². The second-order valence-electron chi connectivity index (χ2n) is 8.69. The number of anilines is 1. The molecule has 0 unspecified atom stereocenters. The molecule has 3 aromatic rings. The minimum Gasteiger partial charge on any atom is -0.365 e. The summed E-state index contributed by atoms with van der Waals surface area (Å²) in [5.74, 6) is -0.522. The Morgan fingerprint density at radius 1 is 1.10 bits per heavy atom. The Morgan fingerprint density at radius 2 is 1.77 bits per heavy atom. The van der Waals surface area contributed by atoms with Gasteiger partial charge in [0.1, 0.15) is 0 Å². The number of fused-ring (bicyclic) bond motifs is 1. The highest BCUT2D eigenvalue weighted by Gasteiger charge is 2.16. The van der Waals surface area contributed by atoms with E-state index >= 15 is 0 Å². The number of primary amides is 1. The van der Waals surface area contributed by atoms with E-state index < -0.39 is 5.91 Å². The van der Waals surface area contributed by atoms with Crippen LogP contribution in [0.15, 0.2) is 48.8 Å². The average Bonchev–Trinajstić information content (AvgIpc) is 3.10. The minimum atomic E-state index is -0.523. The van der Waals surface area contributed by atoms with E-state index in [1.807, 2.05) is 36.2 Å². The first-order valence-corrected chi connectivity index (χ1v) is 9.88. The maximum atomic E-state index is 12.7. The van der Waals surface area contributed by atoms with E-state index in [1.165, 1.54) is 11.8 Å². The van der Waals surface area contributed by atoms with Crippen LogP contribution in [0.2, 0.25) is 0 Å². The van der Waals surface area contributed by atoms with E-state index in [4.69, 9.17) is 5.73 Å². The maximum Gasteiger partial charge on any atom is 0.252 e. The van der Waals surface area contributed by atoms with Gasteiger partial charge in [0.2, 0.25) is 5.91 Å². The van der Waals surface area contributed by atoms with Crippen molar-refractivity contribution in [1.82, 2.24) is 14.5 Å². The molecule has 30 heavy (non-hydrogen) atoms. The molecule has 7 heteroatoms. The Balaban J connectivity index is 1.66. The maximum absolute atomic E-state index is 12.7. The number of likely N-dealkylation sites (N-methyl/N-ethyl adjacent to an activating group) is 2. The van der Waals surface area contributed by atoms with Crippen molar-refractivity contribution >= 4 is 23.0 Å². The third kappa shape index (κ3) is 4.62. The summed E-state index contributed by atoms with van der Waals surface area (Å²) in [7, 11) is 3.68. The average molecular weight is 408 g/mol. The van der Waals surface area contributed by atoms with E-state index in [0.29, 0.717) is 17.6 Å². The molecule has 0 saturated heterocycles. The number of aromatic nitrogens is 2. The Bertz CT molecular complexity index is 1060. The second-order valence-corrected chi connectivity index (χ2v) is 8.69. The van der Waals surface area contributed by atoms with Gasteiger partial charge in [-0.3, -0.25) is 9.59 Å². The predicted molar refractivity (Wildman–Crippen MR) is 119 cm³/mol. The largest absolute Gasteiger partial charge is 0.365 e. The van der Waals surface area contributed by atoms with Crippen LogP contribution in [0.1, 0.15) is 42.3 Å². The molecule has 2 heterocycles. The number of carbonyl (C=O) groups is 2. The Hall–Kier alpha value is -3.35. The molecule has 0 aliphatic heterocycles. The van der Waals surface area contributed by atoms with Crippen molar-refractivity contribution in [2.75, 3.05) is 25.5 Å². The number of nitrogens with two attached hydrogens (primary N) is 1. The van der Waals surface area contributed by atoms with Gasteiger partial charge < -0.3 is 15.5 Å². The molecule has 3 rings (SSSR count). The van der Waals surface area contributed by atoms with E-state index in [-0.39, 0.29) is 17.9 Å². The zero-order valence-corrected chi connectivity index (χ0v) is 18.2. The van der Waals surface area contributed by atoms with Gasteiger partial charge in [-0.15, -0.1) is 0 Å². The molecule has 2 aromatic heterocycles. The van der Waals surface area contributed by atoms with E-state index in [9.17, 15) is 9.59 Å². The van der Waals surface area contributed by atoms with Crippen LogP contribution in [-0.4, -0.2) is 47.0 Å². The van der Waals surface area contributed by atoms with Crippen molar-refractivity contribution in [1.29, 1.82) is 0 Å². The first-order valence-electron chi connectivity index (χ1n) is 9.88. The summed E-state index contributed by atoms with van der Waals surface area (Å²) in [5, 5.41) is 4.12. The number of hydrogen-bond acceptors (Lipinski definition) is 4. The molecular formula is C23H29N5O2. The number of pyridine rings is 1. The van der Waals surface area contributed by atoms with Gasteiger partial charge >= 0.3 is 0 Å². The fourth-order valence-electron chi connectivity index (χ4n) is 3.31. The fourth-order valence-corrected chi connectivity index (χ4v) is 3.31. The lowest BCUT2D eigenvalue weighted by molar-refractivity contribution is -0.128. The normalized spacial score (nSPS) is 11.5. The summed E-state index contributed by atoms with van der Waals surface area (Å²) in [6.45, 7) is 7.23. The Kier molecular flexibility index (Phi) is 5.82. The highest BCUT2D eigenvalue weighted by molar-refractivity contribution is 5.99. The van der Waals surface area contributed by atoms with Gasteiger partial charge in [0, 0.05) is 32.5 Å². The van der Waals surface area contributed by atoms with E-state index in [1.54, 1.807) is 22.7 Å². The summed E-state index contributed by atoms with van der Waals surface area (Å²) >= 11 is 0. The first kappa shape index (κ1) is 21.4. The van der Waals surface area contributed by atoms with E-state index in [0.717, 1.165) is 11.3 Å². The number of hydrogen-bond donors (Lipinski definition) is 1. The summed E-state index contributed by atoms with van der Waals surface area (Å²) in [6.07, 6.45) is 3.22. The number of carbonyl (C=O) groups excluding carboxylic acids is 2. The predicted octanol–water partition coefficient (Wildman–Crippen LogP) is 2.83. The topological polar surface area (TPSA) is 83.9 Å². The zero-order chi connectivity index (χ0) is 22.1. The molecule has 0 saturated carbocycles. The first-order chi connectivity index (χ1) is 14.1. The highest BCUT2D eigenvalue weighted by Crippen LogP contribution is 2.24.